The minimum Gasteiger partial charge on any atom is -0.488 e. The topological polar surface area (TPSA) is 52.6 Å². The van der Waals surface area contributed by atoms with Crippen molar-refractivity contribution in [3.05, 3.63) is 89.0 Å². The van der Waals surface area contributed by atoms with Gasteiger partial charge in [0, 0.05) is 29.7 Å². The number of carbonyl (C=O) groups is 2. The molecule has 0 amide bonds. The molecule has 1 heterocycles. The van der Waals surface area contributed by atoms with Crippen LogP contribution in [0, 0.1) is 11.8 Å². The van der Waals surface area contributed by atoms with E-state index in [-0.39, 0.29) is 36.6 Å². The number of ketones is 1. The maximum Gasteiger partial charge on any atom is 0.306 e. The third kappa shape index (κ3) is 10.6. The van der Waals surface area contributed by atoms with Gasteiger partial charge >= 0.3 is 5.97 Å². The molecule has 1 aliphatic rings. The molecule has 0 bridgehead atoms. The lowest BCUT2D eigenvalue weighted by Gasteiger charge is -2.29. The summed E-state index contributed by atoms with van der Waals surface area (Å²) in [4.78, 5) is 26.4. The largest absolute Gasteiger partial charge is 0.488 e. The Balaban J connectivity index is 1.58. The van der Waals surface area contributed by atoms with Crippen molar-refractivity contribution < 1.29 is 23.5 Å². The molecule has 0 radical (unpaired) electrons. The van der Waals surface area contributed by atoms with Gasteiger partial charge in [-0.1, -0.05) is 61.4 Å². The third-order valence-corrected chi connectivity index (χ3v) is 8.35. The summed E-state index contributed by atoms with van der Waals surface area (Å²) in [5, 5.41) is 0. The molecule has 4 unspecified atom stereocenters. The molecule has 0 aliphatic carbocycles. The van der Waals surface area contributed by atoms with Crippen LogP contribution in [0.4, 0.5) is 0 Å². The molecule has 41 heavy (non-hydrogen) atoms. The van der Waals surface area contributed by atoms with Crippen LogP contribution >= 0.6 is 0 Å². The predicted molar refractivity (Wildman–Crippen MR) is 167 cm³/mol. The number of quaternary nitrogens is 1. The monoisotopic (exact) mass is 560 g/mol. The molecule has 4 atom stereocenters. The minimum absolute atomic E-state index is 0.0114. The zero-order valence-corrected chi connectivity index (χ0v) is 26.0. The van der Waals surface area contributed by atoms with E-state index in [0.29, 0.717) is 12.2 Å². The van der Waals surface area contributed by atoms with Crippen LogP contribution in [0.15, 0.2) is 77.9 Å². The van der Waals surface area contributed by atoms with Crippen molar-refractivity contribution >= 4 is 11.8 Å². The molecule has 3 rings (SSSR count). The Kier molecular flexibility index (Phi) is 12.4. The smallest absolute Gasteiger partial charge is 0.306 e. The summed E-state index contributed by atoms with van der Waals surface area (Å²) in [6.07, 6.45) is 7.55. The van der Waals surface area contributed by atoms with Gasteiger partial charge in [-0.25, -0.2) is 0 Å². The zero-order valence-electron chi connectivity index (χ0n) is 26.0. The van der Waals surface area contributed by atoms with Gasteiger partial charge in [-0.05, 0) is 69.5 Å². The van der Waals surface area contributed by atoms with Crippen LogP contribution in [0.5, 0.6) is 5.75 Å². The molecule has 1 fully saturated rings. The van der Waals surface area contributed by atoms with Crippen LogP contribution in [0.1, 0.15) is 82.1 Å². The van der Waals surface area contributed by atoms with E-state index < -0.39 is 0 Å². The Labute approximate surface area is 247 Å². The molecule has 1 saturated heterocycles. The average Bonchev–Trinajstić information content (AvgIpc) is 3.29. The molecule has 0 aromatic heterocycles. The van der Waals surface area contributed by atoms with Crippen LogP contribution < -0.4 is 4.74 Å². The number of allylic oxidation sites excluding steroid dienone is 3. The quantitative estimate of drug-likeness (QED) is 0.0966. The first-order chi connectivity index (χ1) is 19.6. The maximum absolute atomic E-state index is 13.6. The Morgan fingerprint density at radius 3 is 2.37 bits per heavy atom. The molecule has 5 heteroatoms. The van der Waals surface area contributed by atoms with Crippen molar-refractivity contribution in [2.45, 2.75) is 66.2 Å². The lowest BCUT2D eigenvalue weighted by atomic mass is 9.80. The first-order valence-corrected chi connectivity index (χ1v) is 15.2. The first kappa shape index (κ1) is 32.3. The second-order valence-electron chi connectivity index (χ2n) is 12.4. The van der Waals surface area contributed by atoms with Crippen molar-refractivity contribution in [1.29, 1.82) is 0 Å². The lowest BCUT2D eigenvalue weighted by molar-refractivity contribution is -0.899. The highest BCUT2D eigenvalue weighted by Crippen LogP contribution is 2.31. The van der Waals surface area contributed by atoms with Gasteiger partial charge in [0.25, 0.3) is 0 Å². The summed E-state index contributed by atoms with van der Waals surface area (Å²) < 4.78 is 12.7. The van der Waals surface area contributed by atoms with E-state index in [1.54, 1.807) is 0 Å². The number of likely N-dealkylation sites (N-methyl/N-ethyl adjacent to an activating group) is 1. The summed E-state index contributed by atoms with van der Waals surface area (Å²) in [5.41, 5.74) is 4.10. The van der Waals surface area contributed by atoms with Crippen LogP contribution in [0.25, 0.3) is 0 Å². The van der Waals surface area contributed by atoms with E-state index in [1.807, 2.05) is 67.6 Å². The average molecular weight is 561 g/mol. The fourth-order valence-electron chi connectivity index (χ4n) is 5.70. The van der Waals surface area contributed by atoms with E-state index in [0.717, 1.165) is 41.1 Å². The minimum atomic E-state index is -0.389. The summed E-state index contributed by atoms with van der Waals surface area (Å²) in [5.74, 6) is 0.608. The van der Waals surface area contributed by atoms with E-state index in [2.05, 4.69) is 40.8 Å². The van der Waals surface area contributed by atoms with E-state index in [4.69, 9.17) is 9.47 Å². The molecular weight excluding hydrogens is 510 g/mol. The number of likely N-dealkylation sites (tertiary alicyclic amines) is 1. The maximum atomic E-state index is 13.6. The SMILES string of the molecule is CC(C)=CCCC(C)=CCOC(=O)CC(c1ccccc1)C(C)C(=O)c1ccc(OCC[N+]2(C)CCC(C)C2)cc1. The summed E-state index contributed by atoms with van der Waals surface area (Å²) in [7, 11) is 2.31. The highest BCUT2D eigenvalue weighted by atomic mass is 16.5. The highest BCUT2D eigenvalue weighted by molar-refractivity contribution is 5.98. The fourth-order valence-corrected chi connectivity index (χ4v) is 5.70. The molecule has 1 aliphatic heterocycles. The van der Waals surface area contributed by atoms with Crippen LogP contribution in [-0.4, -0.2) is 56.1 Å². The number of nitrogens with zero attached hydrogens (tertiary/aromatic N) is 1. The molecule has 5 nitrogen and oxygen atoms in total. The standard InChI is InChI=1S/C36H50NO4/c1-27(2)11-10-12-28(3)20-23-41-35(38)25-34(31-13-8-7-9-14-31)30(5)36(39)32-15-17-33(18-16-32)40-24-22-37(6)21-19-29(4)26-37/h7-9,11,13-18,20,29-30,34H,10,12,19,21-26H2,1-6H3/q+1. The van der Waals surface area contributed by atoms with Gasteiger partial charge in [-0.2, -0.15) is 0 Å². The molecule has 2 aromatic rings. The number of ether oxygens (including phenoxy) is 2. The van der Waals surface area contributed by atoms with E-state index in [9.17, 15) is 9.59 Å². The lowest BCUT2D eigenvalue weighted by Crippen LogP contribution is -2.44. The summed E-state index contributed by atoms with van der Waals surface area (Å²) in [6.45, 7) is 14.8. The van der Waals surface area contributed by atoms with Gasteiger partial charge < -0.3 is 14.0 Å². The van der Waals surface area contributed by atoms with Gasteiger partial charge in [0.15, 0.2) is 5.78 Å². The van der Waals surface area contributed by atoms with Gasteiger partial charge in [-0.15, -0.1) is 0 Å². The van der Waals surface area contributed by atoms with E-state index >= 15 is 0 Å². The van der Waals surface area contributed by atoms with Gasteiger partial charge in [0.1, 0.15) is 25.5 Å². The van der Waals surface area contributed by atoms with Crippen molar-refractivity contribution in [2.75, 3.05) is 39.9 Å². The highest BCUT2D eigenvalue weighted by Gasteiger charge is 2.32. The number of rotatable bonds is 15. The Morgan fingerprint density at radius 2 is 1.73 bits per heavy atom. The number of carbonyl (C=O) groups excluding carboxylic acids is 2. The van der Waals surface area contributed by atoms with Gasteiger partial charge in [-0.3, -0.25) is 9.59 Å². The second kappa shape index (κ2) is 15.7. The number of hydrogen-bond acceptors (Lipinski definition) is 4. The van der Waals surface area contributed by atoms with Crippen LogP contribution in [0.3, 0.4) is 0 Å². The number of esters is 1. The second-order valence-corrected chi connectivity index (χ2v) is 12.4. The molecule has 0 N–H and O–H groups in total. The number of benzene rings is 2. The van der Waals surface area contributed by atoms with E-state index in [1.165, 1.54) is 30.7 Å². The van der Waals surface area contributed by atoms with Crippen molar-refractivity contribution in [3.8, 4) is 5.75 Å². The Hall–Kier alpha value is -3.18. The Bertz CT molecular complexity index is 1180. The molecule has 0 saturated carbocycles. The van der Waals surface area contributed by atoms with Crippen molar-refractivity contribution in [2.24, 2.45) is 11.8 Å². The normalized spacial score (nSPS) is 20.2. The van der Waals surface area contributed by atoms with Crippen LogP contribution in [-0.2, 0) is 9.53 Å². The predicted octanol–water partition coefficient (Wildman–Crippen LogP) is 7.78. The number of Topliss-reactive ketones (excluding diaryl/α,β-unsaturated/α-hetero) is 1. The molecule has 0 spiro atoms. The molecular formula is C36H50NO4+. The molecule has 2 aromatic carbocycles. The van der Waals surface area contributed by atoms with Crippen LogP contribution in [0.2, 0.25) is 0 Å². The first-order valence-electron chi connectivity index (χ1n) is 15.2. The van der Waals surface area contributed by atoms with Gasteiger partial charge in [0.05, 0.1) is 26.6 Å². The van der Waals surface area contributed by atoms with Crippen molar-refractivity contribution in [3.63, 3.8) is 0 Å². The Morgan fingerprint density at radius 1 is 1.02 bits per heavy atom. The fraction of sp³-hybridized carbons (Fsp3) is 0.500. The van der Waals surface area contributed by atoms with Gasteiger partial charge in [0.2, 0.25) is 0 Å². The number of hydrogen-bond donors (Lipinski definition) is 0. The summed E-state index contributed by atoms with van der Waals surface area (Å²) in [6, 6.07) is 17.2. The molecule has 222 valence electrons. The zero-order chi connectivity index (χ0) is 29.8. The summed E-state index contributed by atoms with van der Waals surface area (Å²) >= 11 is 0. The third-order valence-electron chi connectivity index (χ3n) is 8.35. The van der Waals surface area contributed by atoms with Crippen molar-refractivity contribution in [1.82, 2.24) is 0 Å².